The SMILES string of the molecule is O=C(O)CCC1CCN(C(=O)C(F)(F)C(F)(F)F)CC1. The summed E-state index contributed by atoms with van der Waals surface area (Å²) in [6.07, 6.45) is -5.20. The van der Waals surface area contributed by atoms with Gasteiger partial charge in [0.2, 0.25) is 0 Å². The van der Waals surface area contributed by atoms with Crippen LogP contribution in [0.15, 0.2) is 0 Å². The molecule has 0 aromatic carbocycles. The van der Waals surface area contributed by atoms with Crippen LogP contribution in [0.25, 0.3) is 0 Å². The number of carboxylic acids is 1. The number of alkyl halides is 5. The first-order valence-corrected chi connectivity index (χ1v) is 6.01. The van der Waals surface area contributed by atoms with Crippen molar-refractivity contribution in [3.05, 3.63) is 0 Å². The highest BCUT2D eigenvalue weighted by Crippen LogP contribution is 2.37. The van der Waals surface area contributed by atoms with Crippen LogP contribution in [0.5, 0.6) is 0 Å². The number of nitrogens with zero attached hydrogens (tertiary/aromatic N) is 1. The van der Waals surface area contributed by atoms with E-state index in [9.17, 15) is 31.5 Å². The molecule has 116 valence electrons. The summed E-state index contributed by atoms with van der Waals surface area (Å²) in [7, 11) is 0. The highest BCUT2D eigenvalue weighted by atomic mass is 19.4. The van der Waals surface area contributed by atoms with Crippen LogP contribution in [0.1, 0.15) is 25.7 Å². The van der Waals surface area contributed by atoms with E-state index < -0.39 is 24.0 Å². The van der Waals surface area contributed by atoms with Gasteiger partial charge >= 0.3 is 24.0 Å². The number of halogens is 5. The lowest BCUT2D eigenvalue weighted by atomic mass is 9.92. The fraction of sp³-hybridized carbons (Fsp3) is 0.818. The molecule has 0 aromatic heterocycles. The third-order valence-electron chi connectivity index (χ3n) is 3.29. The van der Waals surface area contributed by atoms with E-state index in [1.807, 2.05) is 0 Å². The Morgan fingerprint density at radius 3 is 2.00 bits per heavy atom. The Kier molecular flexibility index (Phi) is 4.93. The van der Waals surface area contributed by atoms with Crippen molar-refractivity contribution in [2.75, 3.05) is 13.1 Å². The highest BCUT2D eigenvalue weighted by molar-refractivity contribution is 5.84. The van der Waals surface area contributed by atoms with Gasteiger partial charge in [-0.15, -0.1) is 0 Å². The lowest BCUT2D eigenvalue weighted by Gasteiger charge is -2.34. The first-order valence-electron chi connectivity index (χ1n) is 6.01. The minimum atomic E-state index is -5.90. The van der Waals surface area contributed by atoms with Gasteiger partial charge in [0.05, 0.1) is 0 Å². The molecule has 1 rings (SSSR count). The van der Waals surface area contributed by atoms with Crippen LogP contribution >= 0.6 is 0 Å². The van der Waals surface area contributed by atoms with Crippen molar-refractivity contribution >= 4 is 11.9 Å². The molecule has 20 heavy (non-hydrogen) atoms. The zero-order chi connectivity index (χ0) is 15.6. The summed E-state index contributed by atoms with van der Waals surface area (Å²) in [6.45, 7) is -0.427. The summed E-state index contributed by atoms with van der Waals surface area (Å²) < 4.78 is 61.9. The number of likely N-dealkylation sites (tertiary alicyclic amines) is 1. The van der Waals surface area contributed by atoms with Crippen molar-refractivity contribution in [1.82, 2.24) is 4.90 Å². The molecule has 0 bridgehead atoms. The fourth-order valence-corrected chi connectivity index (χ4v) is 2.07. The third kappa shape index (κ3) is 3.80. The maximum Gasteiger partial charge on any atom is 0.463 e. The molecule has 1 aliphatic rings. The Balaban J connectivity index is 2.53. The predicted molar refractivity (Wildman–Crippen MR) is 57.2 cm³/mol. The number of aliphatic carboxylic acids is 1. The molecular formula is C11H14F5NO3. The van der Waals surface area contributed by atoms with Gasteiger partial charge < -0.3 is 10.0 Å². The van der Waals surface area contributed by atoms with Gasteiger partial charge in [-0.2, -0.15) is 22.0 Å². The van der Waals surface area contributed by atoms with Crippen LogP contribution < -0.4 is 0 Å². The molecule has 1 aliphatic heterocycles. The molecule has 1 amide bonds. The molecule has 1 fully saturated rings. The van der Waals surface area contributed by atoms with Crippen molar-refractivity contribution in [3.63, 3.8) is 0 Å². The number of piperidine rings is 1. The average molecular weight is 303 g/mol. The molecular weight excluding hydrogens is 289 g/mol. The van der Waals surface area contributed by atoms with Gasteiger partial charge in [-0.1, -0.05) is 0 Å². The quantitative estimate of drug-likeness (QED) is 0.811. The van der Waals surface area contributed by atoms with E-state index in [0.717, 1.165) is 0 Å². The molecule has 1 saturated heterocycles. The summed E-state index contributed by atoms with van der Waals surface area (Å²) in [5.41, 5.74) is 0. The summed E-state index contributed by atoms with van der Waals surface area (Å²) in [5.74, 6) is -8.68. The summed E-state index contributed by atoms with van der Waals surface area (Å²) in [5, 5.41) is 8.49. The Morgan fingerprint density at radius 2 is 1.60 bits per heavy atom. The maximum atomic E-state index is 12.9. The van der Waals surface area contributed by atoms with Gasteiger partial charge in [-0.25, -0.2) is 0 Å². The number of hydrogen-bond donors (Lipinski definition) is 1. The number of hydrogen-bond acceptors (Lipinski definition) is 2. The molecule has 0 radical (unpaired) electrons. The molecule has 0 atom stereocenters. The van der Waals surface area contributed by atoms with E-state index in [0.29, 0.717) is 11.3 Å². The van der Waals surface area contributed by atoms with Gasteiger partial charge in [0.15, 0.2) is 0 Å². The second kappa shape index (κ2) is 5.92. The van der Waals surface area contributed by atoms with Crippen LogP contribution in [0.2, 0.25) is 0 Å². The fourth-order valence-electron chi connectivity index (χ4n) is 2.07. The highest BCUT2D eigenvalue weighted by Gasteiger charge is 2.64. The largest absolute Gasteiger partial charge is 0.481 e. The van der Waals surface area contributed by atoms with E-state index in [2.05, 4.69) is 0 Å². The second-order valence-corrected chi connectivity index (χ2v) is 4.74. The molecule has 0 aromatic rings. The lowest BCUT2D eigenvalue weighted by Crippen LogP contribution is -2.53. The van der Waals surface area contributed by atoms with Gasteiger partial charge in [0, 0.05) is 19.5 Å². The van der Waals surface area contributed by atoms with Gasteiger partial charge in [-0.05, 0) is 25.2 Å². The maximum absolute atomic E-state index is 12.9. The number of rotatable bonds is 4. The van der Waals surface area contributed by atoms with Crippen molar-refractivity contribution in [2.24, 2.45) is 5.92 Å². The van der Waals surface area contributed by atoms with Gasteiger partial charge in [-0.3, -0.25) is 9.59 Å². The topological polar surface area (TPSA) is 57.6 Å². The van der Waals surface area contributed by atoms with Crippen molar-refractivity contribution < 1.29 is 36.6 Å². The molecule has 1 heterocycles. The minimum absolute atomic E-state index is 0.0744. The molecule has 0 aliphatic carbocycles. The monoisotopic (exact) mass is 303 g/mol. The standard InChI is InChI=1S/C11H14F5NO3/c12-10(13,11(14,15)16)9(20)17-5-3-7(4-6-17)1-2-8(18)19/h7H,1-6H2,(H,18,19). The summed E-state index contributed by atoms with van der Waals surface area (Å²) >= 11 is 0. The molecule has 0 saturated carbocycles. The summed E-state index contributed by atoms with van der Waals surface area (Å²) in [4.78, 5) is 22.1. The van der Waals surface area contributed by atoms with E-state index in [-0.39, 0.29) is 38.3 Å². The smallest absolute Gasteiger partial charge is 0.463 e. The predicted octanol–water partition coefficient (Wildman–Crippen LogP) is 2.29. The molecule has 1 N–H and O–H groups in total. The van der Waals surface area contributed by atoms with E-state index >= 15 is 0 Å². The Labute approximate surface area is 111 Å². The normalized spacial score (nSPS) is 18.1. The van der Waals surface area contributed by atoms with Crippen LogP contribution in [-0.4, -0.2) is 47.1 Å². The Morgan fingerprint density at radius 1 is 1.10 bits per heavy atom. The molecule has 0 spiro atoms. The average Bonchev–Trinajstić information content (AvgIpc) is 2.34. The van der Waals surface area contributed by atoms with Crippen LogP contribution in [-0.2, 0) is 9.59 Å². The van der Waals surface area contributed by atoms with Crippen molar-refractivity contribution in [1.29, 1.82) is 0 Å². The third-order valence-corrected chi connectivity index (χ3v) is 3.29. The van der Waals surface area contributed by atoms with E-state index in [1.54, 1.807) is 0 Å². The zero-order valence-electron chi connectivity index (χ0n) is 10.4. The molecule has 0 unspecified atom stereocenters. The lowest BCUT2D eigenvalue weighted by molar-refractivity contribution is -0.274. The molecule has 9 heteroatoms. The van der Waals surface area contributed by atoms with Crippen LogP contribution in [0.3, 0.4) is 0 Å². The second-order valence-electron chi connectivity index (χ2n) is 4.74. The number of carbonyl (C=O) groups is 2. The Bertz CT molecular complexity index is 375. The first-order chi connectivity index (χ1) is 9.05. The van der Waals surface area contributed by atoms with Gasteiger partial charge in [0.25, 0.3) is 0 Å². The number of amides is 1. The van der Waals surface area contributed by atoms with Crippen molar-refractivity contribution in [2.45, 2.75) is 37.8 Å². The molecule has 4 nitrogen and oxygen atoms in total. The van der Waals surface area contributed by atoms with E-state index in [4.69, 9.17) is 5.11 Å². The number of carboxylic acid groups (broad SMARTS) is 1. The van der Waals surface area contributed by atoms with Crippen LogP contribution in [0, 0.1) is 5.92 Å². The first kappa shape index (κ1) is 16.6. The number of carbonyl (C=O) groups excluding carboxylic acids is 1. The minimum Gasteiger partial charge on any atom is -0.481 e. The Hall–Kier alpha value is -1.41. The summed E-state index contributed by atoms with van der Waals surface area (Å²) in [6, 6.07) is 0. The van der Waals surface area contributed by atoms with E-state index in [1.165, 1.54) is 0 Å². The van der Waals surface area contributed by atoms with Crippen LogP contribution in [0.4, 0.5) is 22.0 Å². The zero-order valence-corrected chi connectivity index (χ0v) is 10.4. The van der Waals surface area contributed by atoms with Crippen molar-refractivity contribution in [3.8, 4) is 0 Å². The van der Waals surface area contributed by atoms with Gasteiger partial charge in [0.1, 0.15) is 0 Å².